The van der Waals surface area contributed by atoms with E-state index in [1.165, 1.54) is 24.3 Å². The van der Waals surface area contributed by atoms with Crippen molar-refractivity contribution in [3.05, 3.63) is 29.8 Å². The molecule has 1 aromatic rings. The molecule has 4 nitrogen and oxygen atoms in total. The summed E-state index contributed by atoms with van der Waals surface area (Å²) in [5, 5.41) is 11.5. The van der Waals surface area contributed by atoms with Gasteiger partial charge in [-0.1, -0.05) is 6.92 Å². The van der Waals surface area contributed by atoms with Gasteiger partial charge in [-0.3, -0.25) is 9.59 Å². The maximum Gasteiger partial charge on any atom is 0.251 e. The van der Waals surface area contributed by atoms with E-state index in [0.29, 0.717) is 12.0 Å². The van der Waals surface area contributed by atoms with Crippen LogP contribution in [0.5, 0.6) is 5.75 Å². The minimum absolute atomic E-state index is 0.0119. The maximum atomic E-state index is 11.4. The number of hydrogen-bond donors (Lipinski definition) is 2. The van der Waals surface area contributed by atoms with Crippen LogP contribution in [0.4, 0.5) is 0 Å². The van der Waals surface area contributed by atoms with E-state index in [4.69, 9.17) is 5.11 Å². The van der Waals surface area contributed by atoms with Crippen molar-refractivity contribution >= 4 is 11.7 Å². The summed E-state index contributed by atoms with van der Waals surface area (Å²) >= 11 is 0. The molecule has 1 rings (SSSR count). The molecule has 1 aromatic carbocycles. The average molecular weight is 207 g/mol. The summed E-state index contributed by atoms with van der Waals surface area (Å²) in [4.78, 5) is 22.4. The van der Waals surface area contributed by atoms with Gasteiger partial charge in [-0.05, 0) is 24.3 Å². The van der Waals surface area contributed by atoms with E-state index in [0.717, 1.165) is 0 Å². The van der Waals surface area contributed by atoms with Gasteiger partial charge in [0.2, 0.25) is 0 Å². The van der Waals surface area contributed by atoms with Crippen LogP contribution >= 0.6 is 0 Å². The molecule has 0 spiro atoms. The van der Waals surface area contributed by atoms with Crippen LogP contribution in [0, 0.1) is 0 Å². The summed E-state index contributed by atoms with van der Waals surface area (Å²) in [6, 6.07) is 5.86. The highest BCUT2D eigenvalue weighted by atomic mass is 16.3. The van der Waals surface area contributed by atoms with Gasteiger partial charge in [-0.15, -0.1) is 0 Å². The molecule has 2 N–H and O–H groups in total. The number of phenolic OH excluding ortho intramolecular Hbond substituents is 1. The number of carbonyl (C=O) groups excluding carboxylic acids is 2. The Labute approximate surface area is 87.9 Å². The number of hydrogen-bond acceptors (Lipinski definition) is 3. The fourth-order valence-corrected chi connectivity index (χ4v) is 1.02. The zero-order valence-corrected chi connectivity index (χ0v) is 8.49. The minimum atomic E-state index is -0.309. The van der Waals surface area contributed by atoms with E-state index >= 15 is 0 Å². The van der Waals surface area contributed by atoms with Crippen LogP contribution in [0.3, 0.4) is 0 Å². The molecule has 1 amide bonds. The molecule has 0 bridgehead atoms. The number of amides is 1. The fourth-order valence-electron chi connectivity index (χ4n) is 1.02. The Morgan fingerprint density at radius 1 is 1.27 bits per heavy atom. The quantitative estimate of drug-likeness (QED) is 0.777. The van der Waals surface area contributed by atoms with Crippen LogP contribution in [0.15, 0.2) is 24.3 Å². The third-order valence-corrected chi connectivity index (χ3v) is 1.97. The van der Waals surface area contributed by atoms with Gasteiger partial charge in [-0.25, -0.2) is 0 Å². The van der Waals surface area contributed by atoms with E-state index in [2.05, 4.69) is 5.32 Å². The van der Waals surface area contributed by atoms with Gasteiger partial charge in [0.25, 0.3) is 5.91 Å². The first-order valence-corrected chi connectivity index (χ1v) is 4.72. The first-order chi connectivity index (χ1) is 7.13. The van der Waals surface area contributed by atoms with Crippen molar-refractivity contribution in [2.75, 3.05) is 6.54 Å². The Balaban J connectivity index is 2.54. The normalized spacial score (nSPS) is 9.67. The smallest absolute Gasteiger partial charge is 0.251 e. The largest absolute Gasteiger partial charge is 0.508 e. The summed E-state index contributed by atoms with van der Waals surface area (Å²) in [5.41, 5.74) is 0.428. The number of ketones is 1. The molecule has 0 atom stereocenters. The minimum Gasteiger partial charge on any atom is -0.508 e. The standard InChI is InChI=1S/C11H13NO3/c1-2-9(13)7-12-11(15)8-3-5-10(14)6-4-8/h3-6,14H,2,7H2,1H3,(H,12,15). The summed E-state index contributed by atoms with van der Waals surface area (Å²) < 4.78 is 0. The average Bonchev–Trinajstić information content (AvgIpc) is 2.26. The van der Waals surface area contributed by atoms with Gasteiger partial charge in [0.1, 0.15) is 5.75 Å². The Bertz CT molecular complexity index is 357. The lowest BCUT2D eigenvalue weighted by atomic mass is 10.2. The van der Waals surface area contributed by atoms with Crippen molar-refractivity contribution in [3.63, 3.8) is 0 Å². The van der Waals surface area contributed by atoms with E-state index in [1.807, 2.05) is 0 Å². The second kappa shape index (κ2) is 5.14. The van der Waals surface area contributed by atoms with Crippen molar-refractivity contribution in [1.29, 1.82) is 0 Å². The van der Waals surface area contributed by atoms with Crippen LogP contribution in [0.2, 0.25) is 0 Å². The molecular weight excluding hydrogens is 194 g/mol. The number of carbonyl (C=O) groups is 2. The summed E-state index contributed by atoms with van der Waals surface area (Å²) in [6.07, 6.45) is 0.413. The molecule has 4 heteroatoms. The number of rotatable bonds is 4. The monoisotopic (exact) mass is 207 g/mol. The molecule has 0 fully saturated rings. The number of nitrogens with one attached hydrogen (secondary N) is 1. The lowest BCUT2D eigenvalue weighted by Gasteiger charge is -2.03. The lowest BCUT2D eigenvalue weighted by Crippen LogP contribution is -2.29. The van der Waals surface area contributed by atoms with E-state index in [1.54, 1.807) is 6.92 Å². The van der Waals surface area contributed by atoms with Gasteiger partial charge < -0.3 is 10.4 Å². The molecule has 0 aliphatic rings. The summed E-state index contributed by atoms with van der Waals surface area (Å²) in [5.74, 6) is -0.213. The highest BCUT2D eigenvalue weighted by molar-refractivity contribution is 5.96. The molecule has 0 saturated carbocycles. The van der Waals surface area contributed by atoms with Crippen molar-refractivity contribution in [1.82, 2.24) is 5.32 Å². The van der Waals surface area contributed by atoms with E-state index < -0.39 is 0 Å². The Kier molecular flexibility index (Phi) is 3.85. The third kappa shape index (κ3) is 3.42. The van der Waals surface area contributed by atoms with Crippen LogP contribution in [0.1, 0.15) is 23.7 Å². The van der Waals surface area contributed by atoms with Gasteiger partial charge in [0, 0.05) is 12.0 Å². The van der Waals surface area contributed by atoms with Crippen LogP contribution in [-0.4, -0.2) is 23.3 Å². The molecule has 0 aliphatic carbocycles. The molecule has 0 saturated heterocycles. The first-order valence-electron chi connectivity index (χ1n) is 4.72. The lowest BCUT2D eigenvalue weighted by molar-refractivity contribution is -0.117. The highest BCUT2D eigenvalue weighted by Gasteiger charge is 2.06. The molecular formula is C11H13NO3. The number of Topliss-reactive ketones (excluding diaryl/α,β-unsaturated/α-hetero) is 1. The SMILES string of the molecule is CCC(=O)CNC(=O)c1ccc(O)cc1. The number of phenols is 1. The zero-order chi connectivity index (χ0) is 11.3. The predicted octanol–water partition coefficient (Wildman–Crippen LogP) is 1.10. The number of benzene rings is 1. The van der Waals surface area contributed by atoms with E-state index in [-0.39, 0.29) is 24.0 Å². The zero-order valence-electron chi connectivity index (χ0n) is 8.49. The molecule has 0 heterocycles. The van der Waals surface area contributed by atoms with Gasteiger partial charge in [0.15, 0.2) is 5.78 Å². The van der Waals surface area contributed by atoms with Crippen molar-refractivity contribution in [2.24, 2.45) is 0 Å². The van der Waals surface area contributed by atoms with Crippen molar-refractivity contribution < 1.29 is 14.7 Å². The van der Waals surface area contributed by atoms with Crippen LogP contribution in [0.25, 0.3) is 0 Å². The first kappa shape index (κ1) is 11.2. The van der Waals surface area contributed by atoms with Crippen molar-refractivity contribution in [3.8, 4) is 5.75 Å². The molecule has 0 aliphatic heterocycles. The summed E-state index contributed by atoms with van der Waals surface area (Å²) in [7, 11) is 0. The Hall–Kier alpha value is -1.84. The molecule has 0 radical (unpaired) electrons. The third-order valence-electron chi connectivity index (χ3n) is 1.97. The molecule has 0 aromatic heterocycles. The second-order valence-electron chi connectivity index (χ2n) is 3.12. The Morgan fingerprint density at radius 2 is 1.87 bits per heavy atom. The fraction of sp³-hybridized carbons (Fsp3) is 0.273. The number of aromatic hydroxyl groups is 1. The molecule has 80 valence electrons. The topological polar surface area (TPSA) is 66.4 Å². The maximum absolute atomic E-state index is 11.4. The molecule has 15 heavy (non-hydrogen) atoms. The highest BCUT2D eigenvalue weighted by Crippen LogP contribution is 2.09. The van der Waals surface area contributed by atoms with Gasteiger partial charge in [0.05, 0.1) is 6.54 Å². The molecule has 0 unspecified atom stereocenters. The van der Waals surface area contributed by atoms with Gasteiger partial charge in [-0.2, -0.15) is 0 Å². The van der Waals surface area contributed by atoms with Gasteiger partial charge >= 0.3 is 0 Å². The van der Waals surface area contributed by atoms with Crippen molar-refractivity contribution in [2.45, 2.75) is 13.3 Å². The predicted molar refractivity (Wildman–Crippen MR) is 55.7 cm³/mol. The van der Waals surface area contributed by atoms with E-state index in [9.17, 15) is 9.59 Å². The Morgan fingerprint density at radius 3 is 2.40 bits per heavy atom. The van der Waals surface area contributed by atoms with Crippen LogP contribution < -0.4 is 5.32 Å². The second-order valence-corrected chi connectivity index (χ2v) is 3.12. The van der Waals surface area contributed by atoms with Crippen LogP contribution in [-0.2, 0) is 4.79 Å². The summed E-state index contributed by atoms with van der Waals surface area (Å²) in [6.45, 7) is 1.80.